The van der Waals surface area contributed by atoms with E-state index in [4.69, 9.17) is 9.47 Å². The van der Waals surface area contributed by atoms with E-state index in [1.54, 1.807) is 18.3 Å². The van der Waals surface area contributed by atoms with Gasteiger partial charge in [0, 0.05) is 19.0 Å². The van der Waals surface area contributed by atoms with E-state index in [0.717, 1.165) is 25.7 Å². The van der Waals surface area contributed by atoms with Crippen LogP contribution >= 0.6 is 0 Å². The lowest BCUT2D eigenvalue weighted by molar-refractivity contribution is 0.0312. The molecule has 0 aliphatic heterocycles. The summed E-state index contributed by atoms with van der Waals surface area (Å²) < 4.78 is 10.9. The van der Waals surface area contributed by atoms with E-state index in [1.807, 2.05) is 0 Å². The molecule has 208 valence electrons. The van der Waals surface area contributed by atoms with Crippen molar-refractivity contribution in [2.45, 2.75) is 56.8 Å². The predicted octanol–water partition coefficient (Wildman–Crippen LogP) is 8.41. The Morgan fingerprint density at radius 1 is 0.625 bits per heavy atom. The first kappa shape index (κ1) is 29.2. The largest absolute Gasteiger partial charge is 0.460 e. The Morgan fingerprint density at radius 3 is 1.90 bits per heavy atom. The number of hydrogen-bond acceptors (Lipinski definition) is 4. The van der Waals surface area contributed by atoms with Crippen LogP contribution in [-0.4, -0.2) is 30.8 Å². The number of benzene rings is 3. The molecule has 3 aromatic carbocycles. The second kappa shape index (κ2) is 17.0. The van der Waals surface area contributed by atoms with Crippen molar-refractivity contribution in [1.29, 1.82) is 0 Å². The normalized spacial score (nSPS) is 12.5. The molecule has 4 aromatic rings. The monoisotopic (exact) mass is 535 g/mol. The molecule has 0 fully saturated rings. The molecule has 2 unspecified atom stereocenters. The molecule has 4 rings (SSSR count). The summed E-state index contributed by atoms with van der Waals surface area (Å²) in [4.78, 5) is 15.9. The van der Waals surface area contributed by atoms with Gasteiger partial charge in [-0.3, -0.25) is 4.98 Å². The maximum absolute atomic E-state index is 11.9. The van der Waals surface area contributed by atoms with Gasteiger partial charge in [0.15, 0.2) is 0 Å². The Balaban J connectivity index is 1.23. The fraction of sp³-hybridized carbons (Fsp3) is 0.333. The number of hydrogen-bond donors (Lipinski definition) is 0. The number of aryl methyl sites for hydroxylation is 1. The molecule has 0 amide bonds. The van der Waals surface area contributed by atoms with Crippen molar-refractivity contribution in [3.8, 4) is 0 Å². The van der Waals surface area contributed by atoms with Gasteiger partial charge in [-0.25, -0.2) is 4.79 Å². The van der Waals surface area contributed by atoms with Crippen LogP contribution in [0.5, 0.6) is 0 Å². The summed E-state index contributed by atoms with van der Waals surface area (Å²) in [7, 11) is 0. The maximum Gasteiger partial charge on any atom is 0.339 e. The van der Waals surface area contributed by atoms with Crippen LogP contribution in [0.2, 0.25) is 0 Å². The molecule has 0 saturated heterocycles. The van der Waals surface area contributed by atoms with Gasteiger partial charge < -0.3 is 9.47 Å². The summed E-state index contributed by atoms with van der Waals surface area (Å²) in [6, 6.07) is 36.4. The Kier molecular flexibility index (Phi) is 12.5. The first-order chi connectivity index (χ1) is 19.8. The first-order valence-corrected chi connectivity index (χ1v) is 14.6. The van der Waals surface area contributed by atoms with Crippen molar-refractivity contribution in [3.63, 3.8) is 0 Å². The topological polar surface area (TPSA) is 48.4 Å². The molecule has 0 spiro atoms. The SMILES string of the molecule is O=C(OCCOCCCCCCC(c1ccccc1)C(CCc1ccccc1)c1ccccc1)c1cccnc1. The summed E-state index contributed by atoms with van der Waals surface area (Å²) in [6.07, 6.45) is 11.1. The minimum atomic E-state index is -0.359. The zero-order chi connectivity index (χ0) is 27.7. The minimum absolute atomic E-state index is 0.260. The quantitative estimate of drug-likeness (QED) is 0.101. The highest BCUT2D eigenvalue weighted by atomic mass is 16.6. The standard InChI is InChI=1S/C36H41NO3/c38-36(33-21-14-25-37-29-33)40-28-27-39-26-13-2-1-12-22-34(31-17-8-4-9-18-31)35(32-19-10-5-11-20-32)24-23-30-15-6-3-7-16-30/h3-11,14-21,25,29,34-35H,1-2,12-13,22-24,26-28H2. The van der Waals surface area contributed by atoms with Gasteiger partial charge in [0.1, 0.15) is 6.61 Å². The number of carbonyl (C=O) groups excluding carboxylic acids is 1. The van der Waals surface area contributed by atoms with Gasteiger partial charge in [-0.05, 0) is 66.3 Å². The lowest BCUT2D eigenvalue weighted by Gasteiger charge is -2.29. The number of esters is 1. The lowest BCUT2D eigenvalue weighted by atomic mass is 9.75. The molecular formula is C36H41NO3. The Bertz CT molecular complexity index is 1220. The molecule has 0 aliphatic rings. The van der Waals surface area contributed by atoms with Crippen LogP contribution in [0, 0.1) is 0 Å². The zero-order valence-corrected chi connectivity index (χ0v) is 23.4. The van der Waals surface area contributed by atoms with E-state index in [0.29, 0.717) is 30.6 Å². The van der Waals surface area contributed by atoms with Crippen molar-refractivity contribution in [3.05, 3.63) is 138 Å². The maximum atomic E-state index is 11.9. The second-order valence-electron chi connectivity index (χ2n) is 10.3. The average molecular weight is 536 g/mol. The number of unbranched alkanes of at least 4 members (excludes halogenated alkanes) is 3. The minimum Gasteiger partial charge on any atom is -0.460 e. The summed E-state index contributed by atoms with van der Waals surface area (Å²) in [5.74, 6) is 0.599. The number of pyridine rings is 1. The van der Waals surface area contributed by atoms with Gasteiger partial charge in [0.05, 0.1) is 12.2 Å². The van der Waals surface area contributed by atoms with Gasteiger partial charge in [-0.2, -0.15) is 0 Å². The van der Waals surface area contributed by atoms with Crippen LogP contribution in [0.4, 0.5) is 0 Å². The Morgan fingerprint density at radius 2 is 1.25 bits per heavy atom. The Labute approximate surface area is 239 Å². The molecule has 0 aliphatic carbocycles. The van der Waals surface area contributed by atoms with Crippen molar-refractivity contribution in [1.82, 2.24) is 4.98 Å². The van der Waals surface area contributed by atoms with E-state index in [2.05, 4.69) is 96.0 Å². The highest BCUT2D eigenvalue weighted by molar-refractivity contribution is 5.88. The van der Waals surface area contributed by atoms with Gasteiger partial charge in [0.25, 0.3) is 0 Å². The molecule has 0 radical (unpaired) electrons. The summed E-state index contributed by atoms with van der Waals surface area (Å²) in [5.41, 5.74) is 4.74. The molecule has 40 heavy (non-hydrogen) atoms. The summed E-state index contributed by atoms with van der Waals surface area (Å²) >= 11 is 0. The van der Waals surface area contributed by atoms with Crippen LogP contribution in [0.1, 0.15) is 77.4 Å². The summed E-state index contributed by atoms with van der Waals surface area (Å²) in [5, 5.41) is 0. The van der Waals surface area contributed by atoms with Crippen molar-refractivity contribution >= 4 is 5.97 Å². The van der Waals surface area contributed by atoms with Gasteiger partial charge >= 0.3 is 5.97 Å². The van der Waals surface area contributed by atoms with E-state index in [9.17, 15) is 4.79 Å². The third-order valence-electron chi connectivity index (χ3n) is 7.44. The van der Waals surface area contributed by atoms with Gasteiger partial charge in [-0.1, -0.05) is 110 Å². The second-order valence-corrected chi connectivity index (χ2v) is 10.3. The number of carbonyl (C=O) groups is 1. The predicted molar refractivity (Wildman–Crippen MR) is 162 cm³/mol. The molecule has 1 heterocycles. The highest BCUT2D eigenvalue weighted by Crippen LogP contribution is 2.40. The van der Waals surface area contributed by atoms with Crippen molar-refractivity contribution < 1.29 is 14.3 Å². The van der Waals surface area contributed by atoms with Crippen LogP contribution < -0.4 is 0 Å². The van der Waals surface area contributed by atoms with Gasteiger partial charge in [0.2, 0.25) is 0 Å². The van der Waals surface area contributed by atoms with E-state index in [-0.39, 0.29) is 12.6 Å². The smallest absolute Gasteiger partial charge is 0.339 e. The van der Waals surface area contributed by atoms with Crippen molar-refractivity contribution in [2.75, 3.05) is 19.8 Å². The first-order valence-electron chi connectivity index (χ1n) is 14.6. The zero-order valence-electron chi connectivity index (χ0n) is 23.4. The third-order valence-corrected chi connectivity index (χ3v) is 7.44. The van der Waals surface area contributed by atoms with Gasteiger partial charge in [-0.15, -0.1) is 0 Å². The molecule has 4 nitrogen and oxygen atoms in total. The molecule has 4 heteroatoms. The Hall–Kier alpha value is -3.76. The van der Waals surface area contributed by atoms with Crippen LogP contribution in [0.25, 0.3) is 0 Å². The molecule has 1 aromatic heterocycles. The van der Waals surface area contributed by atoms with E-state index < -0.39 is 0 Å². The molecular weight excluding hydrogens is 494 g/mol. The molecule has 0 N–H and O–H groups in total. The van der Waals surface area contributed by atoms with Crippen LogP contribution in [0.15, 0.2) is 116 Å². The average Bonchev–Trinajstić information content (AvgIpc) is 3.02. The number of rotatable bonds is 17. The van der Waals surface area contributed by atoms with Crippen LogP contribution in [-0.2, 0) is 15.9 Å². The number of nitrogens with zero attached hydrogens (tertiary/aromatic N) is 1. The highest BCUT2D eigenvalue weighted by Gasteiger charge is 2.24. The summed E-state index contributed by atoms with van der Waals surface area (Å²) in [6.45, 7) is 1.37. The molecule has 0 saturated carbocycles. The third kappa shape index (κ3) is 9.77. The fourth-order valence-corrected chi connectivity index (χ4v) is 5.35. The van der Waals surface area contributed by atoms with E-state index >= 15 is 0 Å². The van der Waals surface area contributed by atoms with E-state index in [1.165, 1.54) is 42.1 Å². The number of ether oxygens (including phenoxy) is 2. The molecule has 2 atom stereocenters. The fourth-order valence-electron chi connectivity index (χ4n) is 5.35. The lowest BCUT2D eigenvalue weighted by Crippen LogP contribution is -2.13. The van der Waals surface area contributed by atoms with Crippen LogP contribution in [0.3, 0.4) is 0 Å². The number of aromatic nitrogens is 1. The van der Waals surface area contributed by atoms with Crippen molar-refractivity contribution in [2.24, 2.45) is 0 Å². The molecule has 0 bridgehead atoms.